The van der Waals surface area contributed by atoms with Crippen LogP contribution in [0.4, 0.5) is 0 Å². The Morgan fingerprint density at radius 1 is 1.31 bits per heavy atom. The summed E-state index contributed by atoms with van der Waals surface area (Å²) in [4.78, 5) is 0. The van der Waals surface area contributed by atoms with E-state index in [0.29, 0.717) is 10.8 Å². The summed E-state index contributed by atoms with van der Waals surface area (Å²) < 4.78 is 0. The van der Waals surface area contributed by atoms with Crippen molar-refractivity contribution in [1.29, 1.82) is 0 Å². The normalized spacial score (nSPS) is 39.7. The van der Waals surface area contributed by atoms with E-state index in [-0.39, 0.29) is 0 Å². The fourth-order valence-electron chi connectivity index (χ4n) is 3.41. The maximum atomic E-state index is 2.49. The first-order valence-corrected chi connectivity index (χ1v) is 5.84. The average molecular weight is 182 g/mol. The van der Waals surface area contributed by atoms with Gasteiger partial charge < -0.3 is 0 Å². The van der Waals surface area contributed by atoms with Crippen molar-refractivity contribution in [3.63, 3.8) is 0 Å². The highest BCUT2D eigenvalue weighted by atomic mass is 14.6. The Kier molecular flexibility index (Phi) is 2.81. The van der Waals surface area contributed by atoms with Crippen molar-refractivity contribution in [3.8, 4) is 0 Å². The third kappa shape index (κ3) is 1.65. The Morgan fingerprint density at radius 3 is 2.15 bits per heavy atom. The number of hydrogen-bond donors (Lipinski definition) is 0. The molecule has 3 atom stereocenters. The van der Waals surface area contributed by atoms with Gasteiger partial charge in [0.05, 0.1) is 0 Å². The van der Waals surface area contributed by atoms with Gasteiger partial charge in [0.1, 0.15) is 0 Å². The molecule has 78 valence electrons. The molecule has 0 radical (unpaired) electrons. The topological polar surface area (TPSA) is 0 Å². The molecule has 1 aliphatic rings. The lowest BCUT2D eigenvalue weighted by Gasteiger charge is -2.61. The maximum absolute atomic E-state index is 2.49. The molecule has 0 bridgehead atoms. The van der Waals surface area contributed by atoms with Crippen molar-refractivity contribution in [3.05, 3.63) is 0 Å². The summed E-state index contributed by atoms with van der Waals surface area (Å²) in [6.45, 7) is 14.5. The van der Waals surface area contributed by atoms with Crippen LogP contribution in [0.2, 0.25) is 0 Å². The molecule has 0 saturated heterocycles. The van der Waals surface area contributed by atoms with Gasteiger partial charge in [-0.25, -0.2) is 0 Å². The van der Waals surface area contributed by atoms with Crippen molar-refractivity contribution in [2.75, 3.05) is 0 Å². The highest BCUT2D eigenvalue weighted by molar-refractivity contribution is 5.03. The van der Waals surface area contributed by atoms with Crippen LogP contribution in [0, 0.1) is 22.7 Å². The predicted molar refractivity (Wildman–Crippen MR) is 59.7 cm³/mol. The van der Waals surface area contributed by atoms with Crippen molar-refractivity contribution in [2.45, 2.75) is 60.8 Å². The standard InChI is InChI=1S/C13H26/c1-7-8-10(2)13(6)9-12(4,5)11(13)3/h10-11H,7-9H2,1-6H3. The molecule has 0 heteroatoms. The van der Waals surface area contributed by atoms with Crippen LogP contribution in [-0.4, -0.2) is 0 Å². The molecule has 1 rings (SSSR count). The summed E-state index contributed by atoms with van der Waals surface area (Å²) >= 11 is 0. The van der Waals surface area contributed by atoms with Crippen molar-refractivity contribution < 1.29 is 0 Å². The second kappa shape index (κ2) is 3.29. The Balaban J connectivity index is 2.61. The summed E-state index contributed by atoms with van der Waals surface area (Å²) in [5.41, 5.74) is 1.22. The van der Waals surface area contributed by atoms with Crippen LogP contribution in [0.25, 0.3) is 0 Å². The van der Waals surface area contributed by atoms with Gasteiger partial charge in [-0.15, -0.1) is 0 Å². The molecular formula is C13H26. The molecule has 0 aliphatic heterocycles. The first-order chi connectivity index (χ1) is 5.84. The SMILES string of the molecule is CCCC(C)C1(C)CC(C)(C)C1C. The predicted octanol–water partition coefficient (Wildman–Crippen LogP) is 4.49. The van der Waals surface area contributed by atoms with Crippen LogP contribution < -0.4 is 0 Å². The maximum Gasteiger partial charge on any atom is -0.0264 e. The van der Waals surface area contributed by atoms with Crippen LogP contribution >= 0.6 is 0 Å². The van der Waals surface area contributed by atoms with Crippen molar-refractivity contribution in [2.24, 2.45) is 22.7 Å². The lowest BCUT2D eigenvalue weighted by Crippen LogP contribution is -2.53. The van der Waals surface area contributed by atoms with Gasteiger partial charge in [-0.05, 0) is 29.1 Å². The second-order valence-electron chi connectivity index (χ2n) is 6.08. The molecule has 0 N–H and O–H groups in total. The van der Waals surface area contributed by atoms with Crippen molar-refractivity contribution >= 4 is 0 Å². The molecule has 0 amide bonds. The third-order valence-electron chi connectivity index (χ3n) is 4.85. The first-order valence-electron chi connectivity index (χ1n) is 5.84. The van der Waals surface area contributed by atoms with Gasteiger partial charge in [-0.3, -0.25) is 0 Å². The Morgan fingerprint density at radius 2 is 1.85 bits per heavy atom. The molecule has 1 saturated carbocycles. The van der Waals surface area contributed by atoms with Gasteiger partial charge in [-0.1, -0.05) is 54.4 Å². The van der Waals surface area contributed by atoms with Gasteiger partial charge in [-0.2, -0.15) is 0 Å². The smallest absolute Gasteiger partial charge is 0.0264 e. The molecule has 0 nitrogen and oxygen atoms in total. The van der Waals surface area contributed by atoms with Gasteiger partial charge in [0, 0.05) is 0 Å². The van der Waals surface area contributed by atoms with E-state index in [1.54, 1.807) is 0 Å². The summed E-state index contributed by atoms with van der Waals surface area (Å²) in [7, 11) is 0. The molecule has 13 heavy (non-hydrogen) atoms. The zero-order chi connectivity index (χ0) is 10.3. The zero-order valence-electron chi connectivity index (χ0n) is 10.3. The fraction of sp³-hybridized carbons (Fsp3) is 1.00. The van der Waals surface area contributed by atoms with Gasteiger partial charge in [0.25, 0.3) is 0 Å². The Bertz CT molecular complexity index is 180. The number of hydrogen-bond acceptors (Lipinski definition) is 0. The third-order valence-corrected chi connectivity index (χ3v) is 4.85. The van der Waals surface area contributed by atoms with Gasteiger partial charge in [0.15, 0.2) is 0 Å². The van der Waals surface area contributed by atoms with E-state index in [4.69, 9.17) is 0 Å². The molecule has 0 heterocycles. The van der Waals surface area contributed by atoms with Crippen LogP contribution in [0.15, 0.2) is 0 Å². The van der Waals surface area contributed by atoms with Gasteiger partial charge in [0.2, 0.25) is 0 Å². The Hall–Kier alpha value is 0. The monoisotopic (exact) mass is 182 g/mol. The minimum absolute atomic E-state index is 0.594. The van der Waals surface area contributed by atoms with Crippen LogP contribution in [0.5, 0.6) is 0 Å². The van der Waals surface area contributed by atoms with E-state index in [1.807, 2.05) is 0 Å². The minimum atomic E-state index is 0.594. The van der Waals surface area contributed by atoms with Crippen LogP contribution in [0.3, 0.4) is 0 Å². The highest BCUT2D eigenvalue weighted by Gasteiger charge is 2.54. The lowest BCUT2D eigenvalue weighted by molar-refractivity contribution is -0.118. The second-order valence-corrected chi connectivity index (χ2v) is 6.08. The minimum Gasteiger partial charge on any atom is -0.0654 e. The molecule has 0 spiro atoms. The van der Waals surface area contributed by atoms with E-state index < -0.39 is 0 Å². The van der Waals surface area contributed by atoms with E-state index in [2.05, 4.69) is 41.5 Å². The molecule has 0 aromatic rings. The quantitative estimate of drug-likeness (QED) is 0.603. The summed E-state index contributed by atoms with van der Waals surface area (Å²) in [5.74, 6) is 1.79. The van der Waals surface area contributed by atoms with Crippen LogP contribution in [0.1, 0.15) is 60.8 Å². The molecule has 1 fully saturated rings. The summed E-state index contributed by atoms with van der Waals surface area (Å²) in [6, 6.07) is 0. The molecule has 1 aliphatic carbocycles. The van der Waals surface area contributed by atoms with E-state index >= 15 is 0 Å². The fourth-order valence-corrected chi connectivity index (χ4v) is 3.41. The largest absolute Gasteiger partial charge is 0.0654 e. The Labute approximate surface area is 84.1 Å². The van der Waals surface area contributed by atoms with Crippen molar-refractivity contribution in [1.82, 2.24) is 0 Å². The van der Waals surface area contributed by atoms with E-state index in [0.717, 1.165) is 11.8 Å². The zero-order valence-corrected chi connectivity index (χ0v) is 10.3. The number of rotatable bonds is 3. The van der Waals surface area contributed by atoms with Gasteiger partial charge >= 0.3 is 0 Å². The van der Waals surface area contributed by atoms with E-state index in [9.17, 15) is 0 Å². The molecular weight excluding hydrogens is 156 g/mol. The average Bonchev–Trinajstić information content (AvgIpc) is 2.03. The lowest BCUT2D eigenvalue weighted by atomic mass is 9.44. The van der Waals surface area contributed by atoms with E-state index in [1.165, 1.54) is 19.3 Å². The van der Waals surface area contributed by atoms with Crippen LogP contribution in [-0.2, 0) is 0 Å². The highest BCUT2D eigenvalue weighted by Crippen LogP contribution is 2.62. The molecule has 0 aromatic heterocycles. The summed E-state index contributed by atoms with van der Waals surface area (Å²) in [6.07, 6.45) is 4.16. The molecule has 0 aromatic carbocycles. The molecule has 3 unspecified atom stereocenters. The first kappa shape index (κ1) is 11.1. The summed E-state index contributed by atoms with van der Waals surface area (Å²) in [5, 5.41) is 0.